The van der Waals surface area contributed by atoms with Crippen molar-refractivity contribution in [2.45, 2.75) is 20.4 Å². The maximum absolute atomic E-state index is 10.8. The summed E-state index contributed by atoms with van der Waals surface area (Å²) in [6.07, 6.45) is 0. The van der Waals surface area contributed by atoms with Crippen molar-refractivity contribution >= 4 is 5.97 Å². The summed E-state index contributed by atoms with van der Waals surface area (Å²) in [4.78, 5) is 13.2. The molecule has 0 fully saturated rings. The Morgan fingerprint density at radius 3 is 2.67 bits per heavy atom. The number of nitrogens with one attached hydrogen (secondary N) is 1. The number of carboxylic acid groups (broad SMARTS) is 1. The number of aromatic carboxylic acids is 1. The van der Waals surface area contributed by atoms with Gasteiger partial charge in [0.2, 0.25) is 0 Å². The van der Waals surface area contributed by atoms with Crippen LogP contribution in [0.3, 0.4) is 0 Å². The first kappa shape index (κ1) is 14.7. The lowest BCUT2D eigenvalue weighted by Gasteiger charge is -2.18. The number of likely N-dealkylation sites (N-methyl/N-ethyl adjacent to an activating group) is 1. The summed E-state index contributed by atoms with van der Waals surface area (Å²) in [6.45, 7) is 9.08. The predicted molar refractivity (Wildman–Crippen MR) is 72.9 cm³/mol. The van der Waals surface area contributed by atoms with Crippen molar-refractivity contribution in [3.63, 3.8) is 0 Å². The standard InChI is InChI=1S/C14H22N2O2/c1-3-16(4-2)9-8-15-11-12-6-5-7-13(10-12)14(17)18/h5-7,10,15H,3-4,8-9,11H2,1-2H3,(H,17,18). The first-order valence-electron chi connectivity index (χ1n) is 6.42. The third kappa shape index (κ3) is 4.85. The molecule has 0 spiro atoms. The van der Waals surface area contributed by atoms with Crippen molar-refractivity contribution < 1.29 is 9.90 Å². The zero-order chi connectivity index (χ0) is 13.4. The molecule has 0 saturated carbocycles. The minimum Gasteiger partial charge on any atom is -0.478 e. The van der Waals surface area contributed by atoms with Gasteiger partial charge in [-0.1, -0.05) is 26.0 Å². The molecule has 0 atom stereocenters. The fourth-order valence-corrected chi connectivity index (χ4v) is 1.82. The molecule has 0 aliphatic carbocycles. The number of nitrogens with zero attached hydrogens (tertiary/aromatic N) is 1. The van der Waals surface area contributed by atoms with Crippen LogP contribution in [0.4, 0.5) is 0 Å². The third-order valence-electron chi connectivity index (χ3n) is 3.00. The molecule has 1 rings (SSSR count). The van der Waals surface area contributed by atoms with Crippen LogP contribution in [0.1, 0.15) is 29.8 Å². The lowest BCUT2D eigenvalue weighted by molar-refractivity contribution is 0.0696. The molecule has 0 radical (unpaired) electrons. The molecule has 0 saturated heterocycles. The minimum absolute atomic E-state index is 0.345. The molecule has 0 heterocycles. The van der Waals surface area contributed by atoms with Crippen LogP contribution in [0.2, 0.25) is 0 Å². The van der Waals surface area contributed by atoms with Gasteiger partial charge in [-0.05, 0) is 30.8 Å². The van der Waals surface area contributed by atoms with Gasteiger partial charge in [0.25, 0.3) is 0 Å². The third-order valence-corrected chi connectivity index (χ3v) is 3.00. The highest BCUT2D eigenvalue weighted by Gasteiger charge is 2.03. The Morgan fingerprint density at radius 2 is 2.06 bits per heavy atom. The van der Waals surface area contributed by atoms with E-state index in [1.807, 2.05) is 6.07 Å². The van der Waals surface area contributed by atoms with E-state index >= 15 is 0 Å². The fourth-order valence-electron chi connectivity index (χ4n) is 1.82. The van der Waals surface area contributed by atoms with Gasteiger partial charge in [0.1, 0.15) is 0 Å². The van der Waals surface area contributed by atoms with E-state index in [1.54, 1.807) is 18.2 Å². The Morgan fingerprint density at radius 1 is 1.33 bits per heavy atom. The van der Waals surface area contributed by atoms with Gasteiger partial charge in [-0.25, -0.2) is 4.79 Å². The Kier molecular flexibility index (Phi) is 6.39. The normalized spacial score (nSPS) is 10.8. The number of benzene rings is 1. The molecule has 0 unspecified atom stereocenters. The van der Waals surface area contributed by atoms with Crippen molar-refractivity contribution in [3.05, 3.63) is 35.4 Å². The van der Waals surface area contributed by atoms with Gasteiger partial charge < -0.3 is 15.3 Å². The van der Waals surface area contributed by atoms with Gasteiger partial charge >= 0.3 is 5.97 Å². The molecule has 0 aliphatic heterocycles. The molecule has 1 aromatic carbocycles. The second-order valence-electron chi connectivity index (χ2n) is 4.21. The van der Waals surface area contributed by atoms with E-state index in [4.69, 9.17) is 5.11 Å². The van der Waals surface area contributed by atoms with E-state index in [-0.39, 0.29) is 0 Å². The molecule has 0 aromatic heterocycles. The van der Waals surface area contributed by atoms with Crippen molar-refractivity contribution in [3.8, 4) is 0 Å². The van der Waals surface area contributed by atoms with Crippen LogP contribution in [0.15, 0.2) is 24.3 Å². The second kappa shape index (κ2) is 7.84. The molecule has 2 N–H and O–H groups in total. The van der Waals surface area contributed by atoms with Crippen LogP contribution in [-0.2, 0) is 6.54 Å². The number of carbonyl (C=O) groups is 1. The van der Waals surface area contributed by atoms with E-state index in [2.05, 4.69) is 24.1 Å². The Hall–Kier alpha value is -1.39. The number of carboxylic acids is 1. The molecule has 0 amide bonds. The topological polar surface area (TPSA) is 52.6 Å². The van der Waals surface area contributed by atoms with Crippen molar-refractivity contribution in [2.75, 3.05) is 26.2 Å². The first-order chi connectivity index (χ1) is 8.67. The number of hydrogen-bond donors (Lipinski definition) is 2. The molecule has 4 heteroatoms. The van der Waals surface area contributed by atoms with Crippen LogP contribution in [0, 0.1) is 0 Å². The lowest BCUT2D eigenvalue weighted by atomic mass is 10.1. The van der Waals surface area contributed by atoms with E-state index < -0.39 is 5.97 Å². The molecular weight excluding hydrogens is 228 g/mol. The van der Waals surface area contributed by atoms with E-state index in [0.29, 0.717) is 12.1 Å². The van der Waals surface area contributed by atoms with Gasteiger partial charge in [-0.2, -0.15) is 0 Å². The molecule has 100 valence electrons. The molecule has 0 aliphatic rings. The zero-order valence-corrected chi connectivity index (χ0v) is 11.1. The van der Waals surface area contributed by atoms with Crippen molar-refractivity contribution in [2.24, 2.45) is 0 Å². The predicted octanol–water partition coefficient (Wildman–Crippen LogP) is 1.82. The Balaban J connectivity index is 2.35. The van der Waals surface area contributed by atoms with Crippen LogP contribution in [-0.4, -0.2) is 42.2 Å². The van der Waals surface area contributed by atoms with Gasteiger partial charge in [0.15, 0.2) is 0 Å². The van der Waals surface area contributed by atoms with Crippen LogP contribution < -0.4 is 5.32 Å². The highest BCUT2D eigenvalue weighted by Crippen LogP contribution is 2.04. The highest BCUT2D eigenvalue weighted by molar-refractivity contribution is 5.87. The van der Waals surface area contributed by atoms with E-state index in [1.165, 1.54) is 0 Å². The summed E-state index contributed by atoms with van der Waals surface area (Å²) in [5.41, 5.74) is 1.35. The van der Waals surface area contributed by atoms with Gasteiger partial charge in [0, 0.05) is 19.6 Å². The highest BCUT2D eigenvalue weighted by atomic mass is 16.4. The summed E-state index contributed by atoms with van der Waals surface area (Å²) >= 11 is 0. The van der Waals surface area contributed by atoms with Crippen LogP contribution in [0.25, 0.3) is 0 Å². The smallest absolute Gasteiger partial charge is 0.335 e. The molecule has 0 bridgehead atoms. The van der Waals surface area contributed by atoms with Gasteiger partial charge in [-0.3, -0.25) is 0 Å². The maximum Gasteiger partial charge on any atom is 0.335 e. The summed E-state index contributed by atoms with van der Waals surface area (Å²) in [5, 5.41) is 12.2. The first-order valence-corrected chi connectivity index (χ1v) is 6.42. The monoisotopic (exact) mass is 250 g/mol. The quantitative estimate of drug-likeness (QED) is 0.691. The summed E-state index contributed by atoms with van der Waals surface area (Å²) < 4.78 is 0. The van der Waals surface area contributed by atoms with E-state index in [0.717, 1.165) is 31.7 Å². The molecular formula is C14H22N2O2. The summed E-state index contributed by atoms with van der Waals surface area (Å²) in [5.74, 6) is -0.875. The summed E-state index contributed by atoms with van der Waals surface area (Å²) in [7, 11) is 0. The Bertz CT molecular complexity index is 376. The fraction of sp³-hybridized carbons (Fsp3) is 0.500. The van der Waals surface area contributed by atoms with Gasteiger partial charge in [0.05, 0.1) is 5.56 Å². The molecule has 1 aromatic rings. The Labute approximate surface area is 109 Å². The van der Waals surface area contributed by atoms with Crippen LogP contribution >= 0.6 is 0 Å². The maximum atomic E-state index is 10.8. The molecule has 18 heavy (non-hydrogen) atoms. The zero-order valence-electron chi connectivity index (χ0n) is 11.1. The summed E-state index contributed by atoms with van der Waals surface area (Å²) in [6, 6.07) is 7.05. The number of hydrogen-bond acceptors (Lipinski definition) is 3. The second-order valence-corrected chi connectivity index (χ2v) is 4.21. The minimum atomic E-state index is -0.875. The van der Waals surface area contributed by atoms with E-state index in [9.17, 15) is 4.79 Å². The molecule has 4 nitrogen and oxygen atoms in total. The average Bonchev–Trinajstić information content (AvgIpc) is 2.39. The average molecular weight is 250 g/mol. The van der Waals surface area contributed by atoms with Crippen molar-refractivity contribution in [1.82, 2.24) is 10.2 Å². The van der Waals surface area contributed by atoms with Crippen LogP contribution in [0.5, 0.6) is 0 Å². The number of rotatable bonds is 8. The lowest BCUT2D eigenvalue weighted by Crippen LogP contribution is -2.31. The SMILES string of the molecule is CCN(CC)CCNCc1cccc(C(=O)O)c1. The largest absolute Gasteiger partial charge is 0.478 e. The van der Waals surface area contributed by atoms with Gasteiger partial charge in [-0.15, -0.1) is 0 Å². The van der Waals surface area contributed by atoms with Crippen molar-refractivity contribution in [1.29, 1.82) is 0 Å².